The third-order valence-electron chi connectivity index (χ3n) is 6.14. The van der Waals surface area contributed by atoms with Crippen LogP contribution in [0, 0.1) is 17.8 Å². The number of hydrogen-bond acceptors (Lipinski definition) is 4. The molecule has 3 N–H and O–H groups in total. The highest BCUT2D eigenvalue weighted by molar-refractivity contribution is 5.47. The van der Waals surface area contributed by atoms with E-state index in [0.29, 0.717) is 17.3 Å². The molecule has 0 spiro atoms. The first kappa shape index (κ1) is 12.2. The Hall–Kier alpha value is -1.32. The SMILES string of the molecule is Nc1cc(NC23CC4CC(CC(C4)C2)C3)nc(C2CC2)n1. The lowest BCUT2D eigenvalue weighted by atomic mass is 9.53. The fourth-order valence-electron chi connectivity index (χ4n) is 5.61. The van der Waals surface area contributed by atoms with Gasteiger partial charge in [0.2, 0.25) is 0 Å². The highest BCUT2D eigenvalue weighted by Gasteiger charge is 2.51. The predicted octanol–water partition coefficient (Wildman–Crippen LogP) is 3.32. The Kier molecular flexibility index (Phi) is 2.40. The largest absolute Gasteiger partial charge is 0.384 e. The van der Waals surface area contributed by atoms with Crippen LogP contribution in [0.4, 0.5) is 11.6 Å². The number of anilines is 2. The molecule has 0 aliphatic heterocycles. The topological polar surface area (TPSA) is 63.8 Å². The van der Waals surface area contributed by atoms with Crippen molar-refractivity contribution in [3.63, 3.8) is 0 Å². The molecule has 5 aliphatic rings. The van der Waals surface area contributed by atoms with Gasteiger partial charge in [-0.3, -0.25) is 0 Å². The molecule has 4 nitrogen and oxygen atoms in total. The monoisotopic (exact) mass is 284 g/mol. The van der Waals surface area contributed by atoms with Gasteiger partial charge in [-0.05, 0) is 69.1 Å². The van der Waals surface area contributed by atoms with Crippen molar-refractivity contribution in [2.24, 2.45) is 17.8 Å². The van der Waals surface area contributed by atoms with E-state index in [0.717, 1.165) is 29.4 Å². The van der Waals surface area contributed by atoms with Crippen molar-refractivity contribution in [2.45, 2.75) is 62.8 Å². The summed E-state index contributed by atoms with van der Waals surface area (Å²) in [5.74, 6) is 5.97. The molecule has 4 bridgehead atoms. The molecular formula is C17H24N4. The summed E-state index contributed by atoms with van der Waals surface area (Å²) in [6.45, 7) is 0. The summed E-state index contributed by atoms with van der Waals surface area (Å²) in [6.07, 6.45) is 10.9. The zero-order chi connectivity index (χ0) is 14.0. The Balaban J connectivity index is 1.44. The van der Waals surface area contributed by atoms with Crippen molar-refractivity contribution < 1.29 is 0 Å². The Labute approximate surface area is 125 Å². The quantitative estimate of drug-likeness (QED) is 0.893. The normalized spacial score (nSPS) is 40.5. The summed E-state index contributed by atoms with van der Waals surface area (Å²) in [5, 5.41) is 3.82. The van der Waals surface area contributed by atoms with Gasteiger partial charge in [-0.15, -0.1) is 0 Å². The maximum absolute atomic E-state index is 6.00. The van der Waals surface area contributed by atoms with Crippen LogP contribution < -0.4 is 11.1 Å². The summed E-state index contributed by atoms with van der Waals surface area (Å²) in [6, 6.07) is 1.93. The summed E-state index contributed by atoms with van der Waals surface area (Å²) >= 11 is 0. The first-order valence-corrected chi connectivity index (χ1v) is 8.60. The molecule has 6 rings (SSSR count). The molecule has 0 aromatic carbocycles. The third kappa shape index (κ3) is 2.11. The fraction of sp³-hybridized carbons (Fsp3) is 0.765. The Morgan fingerprint density at radius 2 is 1.62 bits per heavy atom. The van der Waals surface area contributed by atoms with E-state index in [9.17, 15) is 0 Å². The first-order valence-electron chi connectivity index (χ1n) is 8.60. The summed E-state index contributed by atoms with van der Waals surface area (Å²) in [7, 11) is 0. The summed E-state index contributed by atoms with van der Waals surface area (Å²) < 4.78 is 0. The summed E-state index contributed by atoms with van der Waals surface area (Å²) in [5.41, 5.74) is 6.30. The molecule has 0 amide bonds. The number of nitrogens with two attached hydrogens (primary N) is 1. The van der Waals surface area contributed by atoms with Crippen LogP contribution in [0.2, 0.25) is 0 Å². The molecule has 5 fully saturated rings. The minimum atomic E-state index is 0.302. The molecule has 5 aliphatic carbocycles. The van der Waals surface area contributed by atoms with Gasteiger partial charge >= 0.3 is 0 Å². The maximum Gasteiger partial charge on any atom is 0.136 e. The van der Waals surface area contributed by atoms with Gasteiger partial charge in [0.1, 0.15) is 17.5 Å². The van der Waals surface area contributed by atoms with Crippen LogP contribution in [0.25, 0.3) is 0 Å². The third-order valence-corrected chi connectivity index (χ3v) is 6.14. The molecule has 0 atom stereocenters. The van der Waals surface area contributed by atoms with Gasteiger partial charge in [0, 0.05) is 17.5 Å². The van der Waals surface area contributed by atoms with Gasteiger partial charge in [0.15, 0.2) is 0 Å². The van der Waals surface area contributed by atoms with Crippen molar-refractivity contribution >= 4 is 11.6 Å². The lowest BCUT2D eigenvalue weighted by molar-refractivity contribution is 0.0105. The second-order valence-electron chi connectivity index (χ2n) is 8.13. The van der Waals surface area contributed by atoms with E-state index in [2.05, 4.69) is 10.3 Å². The van der Waals surface area contributed by atoms with Gasteiger partial charge in [-0.25, -0.2) is 9.97 Å². The zero-order valence-corrected chi connectivity index (χ0v) is 12.5. The highest BCUT2D eigenvalue weighted by Crippen LogP contribution is 2.56. The molecule has 112 valence electrons. The van der Waals surface area contributed by atoms with Crippen LogP contribution in [0.1, 0.15) is 63.1 Å². The molecule has 1 aromatic heterocycles. The van der Waals surface area contributed by atoms with E-state index in [4.69, 9.17) is 10.7 Å². The predicted molar refractivity (Wildman–Crippen MR) is 82.9 cm³/mol. The number of aromatic nitrogens is 2. The van der Waals surface area contributed by atoms with Crippen LogP contribution in [0.5, 0.6) is 0 Å². The molecule has 1 aromatic rings. The lowest BCUT2D eigenvalue weighted by Gasteiger charge is -2.57. The van der Waals surface area contributed by atoms with Crippen molar-refractivity contribution in [3.05, 3.63) is 11.9 Å². The van der Waals surface area contributed by atoms with Crippen LogP contribution in [0.3, 0.4) is 0 Å². The number of nitrogens with zero attached hydrogens (tertiary/aromatic N) is 2. The molecule has 0 unspecified atom stereocenters. The van der Waals surface area contributed by atoms with Crippen LogP contribution in [0.15, 0.2) is 6.07 Å². The zero-order valence-electron chi connectivity index (χ0n) is 12.5. The molecule has 21 heavy (non-hydrogen) atoms. The van der Waals surface area contributed by atoms with Gasteiger partial charge in [-0.1, -0.05) is 0 Å². The number of hydrogen-bond donors (Lipinski definition) is 2. The van der Waals surface area contributed by atoms with Crippen molar-refractivity contribution in [1.29, 1.82) is 0 Å². The Morgan fingerprint density at radius 1 is 1.00 bits per heavy atom. The van der Waals surface area contributed by atoms with Crippen LogP contribution in [-0.2, 0) is 0 Å². The van der Waals surface area contributed by atoms with E-state index < -0.39 is 0 Å². The fourth-order valence-corrected chi connectivity index (χ4v) is 5.61. The van der Waals surface area contributed by atoms with E-state index in [1.165, 1.54) is 51.4 Å². The second kappa shape index (κ2) is 4.11. The standard InChI is InChI=1S/C17H24N4/c18-14-6-15(20-16(19-14)13-1-2-13)21-17-7-10-3-11(8-17)5-12(4-10)9-17/h6,10-13H,1-5,7-9H2,(H3,18,19,20,21). The van der Waals surface area contributed by atoms with Gasteiger partial charge in [0.05, 0.1) is 0 Å². The van der Waals surface area contributed by atoms with E-state index in [1.54, 1.807) is 0 Å². The molecule has 5 saturated carbocycles. The van der Waals surface area contributed by atoms with Gasteiger partial charge in [0.25, 0.3) is 0 Å². The Bertz CT molecular complexity index is 543. The molecule has 0 saturated heterocycles. The van der Waals surface area contributed by atoms with E-state index in [1.807, 2.05) is 6.07 Å². The molecular weight excluding hydrogens is 260 g/mol. The maximum atomic E-state index is 6.00. The number of rotatable bonds is 3. The van der Waals surface area contributed by atoms with E-state index in [-0.39, 0.29) is 0 Å². The number of nitrogens with one attached hydrogen (secondary N) is 1. The molecule has 0 radical (unpaired) electrons. The van der Waals surface area contributed by atoms with Crippen LogP contribution in [-0.4, -0.2) is 15.5 Å². The summed E-state index contributed by atoms with van der Waals surface area (Å²) in [4.78, 5) is 9.19. The van der Waals surface area contributed by atoms with Gasteiger partial charge < -0.3 is 11.1 Å². The lowest BCUT2D eigenvalue weighted by Crippen LogP contribution is -2.54. The van der Waals surface area contributed by atoms with Crippen molar-refractivity contribution in [3.8, 4) is 0 Å². The molecule has 4 heteroatoms. The van der Waals surface area contributed by atoms with Crippen LogP contribution >= 0.6 is 0 Å². The first-order chi connectivity index (χ1) is 10.2. The average Bonchev–Trinajstić information content (AvgIpc) is 3.19. The van der Waals surface area contributed by atoms with Gasteiger partial charge in [-0.2, -0.15) is 0 Å². The average molecular weight is 284 g/mol. The Morgan fingerprint density at radius 3 is 2.19 bits per heavy atom. The minimum absolute atomic E-state index is 0.302. The molecule has 1 heterocycles. The van der Waals surface area contributed by atoms with Crippen molar-refractivity contribution in [1.82, 2.24) is 9.97 Å². The second-order valence-corrected chi connectivity index (χ2v) is 8.13. The van der Waals surface area contributed by atoms with Crippen molar-refractivity contribution in [2.75, 3.05) is 11.1 Å². The number of nitrogen functional groups attached to an aromatic ring is 1. The highest BCUT2D eigenvalue weighted by atomic mass is 15.1. The van der Waals surface area contributed by atoms with E-state index >= 15 is 0 Å². The smallest absolute Gasteiger partial charge is 0.136 e. The minimum Gasteiger partial charge on any atom is -0.384 e.